The third-order valence-corrected chi connectivity index (χ3v) is 4.88. The molecule has 1 saturated carbocycles. The summed E-state index contributed by atoms with van der Waals surface area (Å²) in [6.07, 6.45) is 2.44. The van der Waals surface area contributed by atoms with Crippen LogP contribution in [0.25, 0.3) is 0 Å². The second-order valence-electron chi connectivity index (χ2n) is 4.78. The van der Waals surface area contributed by atoms with Crippen LogP contribution in [0.1, 0.15) is 35.8 Å². The van der Waals surface area contributed by atoms with Crippen LogP contribution in [0.5, 0.6) is 0 Å². The van der Waals surface area contributed by atoms with Crippen LogP contribution in [0, 0.1) is 5.82 Å². The fraction of sp³-hybridized carbons (Fsp3) is 0.286. The number of rotatable bonds is 3. The first-order valence-electron chi connectivity index (χ1n) is 6.21. The van der Waals surface area contributed by atoms with Crippen molar-refractivity contribution in [3.63, 3.8) is 0 Å². The van der Waals surface area contributed by atoms with Crippen LogP contribution in [0.2, 0.25) is 10.2 Å². The van der Waals surface area contributed by atoms with E-state index in [1.807, 2.05) is 0 Å². The van der Waals surface area contributed by atoms with Crippen LogP contribution in [-0.4, -0.2) is 9.97 Å². The van der Waals surface area contributed by atoms with E-state index in [4.69, 9.17) is 23.2 Å². The summed E-state index contributed by atoms with van der Waals surface area (Å²) in [5.41, 5.74) is 1.31. The molecule has 0 amide bonds. The lowest BCUT2D eigenvalue weighted by Crippen LogP contribution is -2.04. The van der Waals surface area contributed by atoms with Gasteiger partial charge in [-0.25, -0.2) is 14.4 Å². The lowest BCUT2D eigenvalue weighted by atomic mass is 10.1. The Morgan fingerprint density at radius 3 is 2.65 bits per heavy atom. The number of nitrogens with zero attached hydrogens (tertiary/aromatic N) is 2. The molecule has 0 spiro atoms. The predicted molar refractivity (Wildman–Crippen MR) is 80.9 cm³/mol. The van der Waals surface area contributed by atoms with Gasteiger partial charge in [0, 0.05) is 22.9 Å². The molecule has 0 aliphatic heterocycles. The second-order valence-corrected chi connectivity index (χ2v) is 6.34. The van der Waals surface area contributed by atoms with Crippen LogP contribution < -0.4 is 0 Å². The highest BCUT2D eigenvalue weighted by molar-refractivity contribution is 9.10. The summed E-state index contributed by atoms with van der Waals surface area (Å²) < 4.78 is 14.5. The van der Waals surface area contributed by atoms with Crippen molar-refractivity contribution < 1.29 is 4.39 Å². The van der Waals surface area contributed by atoms with Crippen LogP contribution >= 0.6 is 39.1 Å². The van der Waals surface area contributed by atoms with Gasteiger partial charge in [-0.05, 0) is 40.9 Å². The zero-order valence-electron chi connectivity index (χ0n) is 10.3. The van der Waals surface area contributed by atoms with Crippen LogP contribution in [0.4, 0.5) is 4.39 Å². The summed E-state index contributed by atoms with van der Waals surface area (Å²) in [5.74, 6) is 0.569. The minimum atomic E-state index is -0.354. The Labute approximate surface area is 134 Å². The van der Waals surface area contributed by atoms with Crippen molar-refractivity contribution in [1.82, 2.24) is 9.97 Å². The monoisotopic (exact) mass is 374 g/mol. The van der Waals surface area contributed by atoms with Crippen molar-refractivity contribution >= 4 is 39.1 Å². The largest absolute Gasteiger partial charge is 0.236 e. The summed E-state index contributed by atoms with van der Waals surface area (Å²) in [7, 11) is 0. The average Bonchev–Trinajstić information content (AvgIpc) is 3.22. The van der Waals surface area contributed by atoms with Crippen LogP contribution in [0.15, 0.2) is 22.7 Å². The fourth-order valence-corrected chi connectivity index (χ4v) is 2.97. The van der Waals surface area contributed by atoms with E-state index in [2.05, 4.69) is 25.9 Å². The molecule has 0 bridgehead atoms. The van der Waals surface area contributed by atoms with Crippen molar-refractivity contribution in [2.75, 3.05) is 0 Å². The number of hydrogen-bond donors (Lipinski definition) is 0. The zero-order valence-corrected chi connectivity index (χ0v) is 13.4. The number of halogens is 4. The second kappa shape index (κ2) is 5.58. The van der Waals surface area contributed by atoms with E-state index in [-0.39, 0.29) is 12.2 Å². The smallest absolute Gasteiger partial charge is 0.147 e. The van der Waals surface area contributed by atoms with Gasteiger partial charge in [0.2, 0.25) is 0 Å². The Balaban J connectivity index is 1.99. The number of hydrogen-bond acceptors (Lipinski definition) is 2. The van der Waals surface area contributed by atoms with E-state index in [1.54, 1.807) is 12.1 Å². The molecule has 0 N–H and O–H groups in total. The molecular formula is C14H10BrCl2FN2. The fourth-order valence-electron chi connectivity index (χ4n) is 2.05. The summed E-state index contributed by atoms with van der Waals surface area (Å²) in [4.78, 5) is 8.71. The number of aromatic nitrogens is 2. The summed E-state index contributed by atoms with van der Waals surface area (Å²) >= 11 is 15.6. The Morgan fingerprint density at radius 1 is 1.25 bits per heavy atom. The van der Waals surface area contributed by atoms with Gasteiger partial charge < -0.3 is 0 Å². The molecule has 104 valence electrons. The van der Waals surface area contributed by atoms with Gasteiger partial charge in [-0.2, -0.15) is 0 Å². The van der Waals surface area contributed by atoms with E-state index < -0.39 is 0 Å². The molecule has 0 saturated heterocycles. The first kappa shape index (κ1) is 14.2. The molecule has 0 unspecified atom stereocenters. The van der Waals surface area contributed by atoms with Crippen molar-refractivity contribution in [1.29, 1.82) is 0 Å². The Kier molecular flexibility index (Phi) is 3.98. The Morgan fingerprint density at radius 2 is 2.00 bits per heavy atom. The molecule has 1 fully saturated rings. The van der Waals surface area contributed by atoms with Gasteiger partial charge in [0.25, 0.3) is 0 Å². The third kappa shape index (κ3) is 2.83. The average molecular weight is 376 g/mol. The zero-order chi connectivity index (χ0) is 14.3. The van der Waals surface area contributed by atoms with E-state index in [0.717, 1.165) is 23.0 Å². The van der Waals surface area contributed by atoms with Gasteiger partial charge in [-0.15, -0.1) is 0 Å². The maximum Gasteiger partial charge on any atom is 0.147 e. The van der Waals surface area contributed by atoms with Gasteiger partial charge >= 0.3 is 0 Å². The van der Waals surface area contributed by atoms with E-state index >= 15 is 0 Å². The van der Waals surface area contributed by atoms with Gasteiger partial charge in [-0.3, -0.25) is 0 Å². The predicted octanol–water partition coefficient (Wildman–Crippen LogP) is 5.15. The van der Waals surface area contributed by atoms with Crippen LogP contribution in [-0.2, 0) is 6.42 Å². The lowest BCUT2D eigenvalue weighted by Gasteiger charge is -2.09. The summed E-state index contributed by atoms with van der Waals surface area (Å²) in [6.45, 7) is 0. The van der Waals surface area contributed by atoms with Gasteiger partial charge in [0.15, 0.2) is 0 Å². The highest BCUT2D eigenvalue weighted by atomic mass is 79.9. The summed E-state index contributed by atoms with van der Waals surface area (Å²) in [5, 5.41) is 0.741. The first-order valence-corrected chi connectivity index (χ1v) is 7.76. The highest BCUT2D eigenvalue weighted by Crippen LogP contribution is 2.43. The van der Waals surface area contributed by atoms with E-state index in [0.29, 0.717) is 27.5 Å². The Hall–Kier alpha value is -0.710. The SMILES string of the molecule is Fc1cccc(Cl)c1Cc1nc(Cl)c(Br)c(C2CC2)n1. The van der Waals surface area contributed by atoms with Crippen molar-refractivity contribution in [3.05, 3.63) is 55.7 Å². The van der Waals surface area contributed by atoms with Crippen molar-refractivity contribution in [2.45, 2.75) is 25.2 Å². The maximum atomic E-state index is 13.8. The first-order chi connectivity index (χ1) is 9.56. The topological polar surface area (TPSA) is 25.8 Å². The number of benzene rings is 1. The normalized spacial score (nSPS) is 14.6. The quantitative estimate of drug-likeness (QED) is 0.693. The highest BCUT2D eigenvalue weighted by Gasteiger charge is 2.29. The molecule has 1 heterocycles. The molecule has 1 aromatic heterocycles. The van der Waals surface area contributed by atoms with Crippen molar-refractivity contribution in [2.24, 2.45) is 0 Å². The lowest BCUT2D eigenvalue weighted by molar-refractivity contribution is 0.612. The molecule has 0 atom stereocenters. The molecule has 1 aliphatic rings. The maximum absolute atomic E-state index is 13.8. The molecule has 1 aliphatic carbocycles. The molecule has 2 nitrogen and oxygen atoms in total. The Bertz CT molecular complexity index is 654. The standard InChI is InChI=1S/C14H10BrCl2FN2/c15-12-13(7-4-5-7)19-11(20-14(12)17)6-8-9(16)2-1-3-10(8)18/h1-3,7H,4-6H2. The van der Waals surface area contributed by atoms with Gasteiger partial charge in [0.1, 0.15) is 16.8 Å². The van der Waals surface area contributed by atoms with Crippen LogP contribution in [0.3, 0.4) is 0 Å². The third-order valence-electron chi connectivity index (χ3n) is 3.24. The molecule has 6 heteroatoms. The molecule has 20 heavy (non-hydrogen) atoms. The molecular weight excluding hydrogens is 366 g/mol. The molecule has 0 radical (unpaired) electrons. The molecule has 1 aromatic carbocycles. The minimum Gasteiger partial charge on any atom is -0.236 e. The van der Waals surface area contributed by atoms with E-state index in [1.165, 1.54) is 6.07 Å². The van der Waals surface area contributed by atoms with E-state index in [9.17, 15) is 4.39 Å². The van der Waals surface area contributed by atoms with Gasteiger partial charge in [-0.1, -0.05) is 29.3 Å². The minimum absolute atomic E-state index is 0.234. The van der Waals surface area contributed by atoms with Gasteiger partial charge in [0.05, 0.1) is 10.2 Å². The summed E-state index contributed by atoms with van der Waals surface area (Å²) in [6, 6.07) is 4.61. The van der Waals surface area contributed by atoms with Crippen molar-refractivity contribution in [3.8, 4) is 0 Å². The molecule has 3 rings (SSSR count). The molecule has 2 aromatic rings.